The fourth-order valence-electron chi connectivity index (χ4n) is 7.09. The second-order valence-electron chi connectivity index (χ2n) is 10.8. The summed E-state index contributed by atoms with van der Waals surface area (Å²) in [5, 5.41) is 15.0. The zero-order valence-electron chi connectivity index (χ0n) is 21.7. The van der Waals surface area contributed by atoms with Gasteiger partial charge < -0.3 is 9.13 Å². The lowest BCUT2D eigenvalue weighted by Gasteiger charge is -2.19. The summed E-state index contributed by atoms with van der Waals surface area (Å²) >= 11 is 0. The number of rotatable bonds is 1. The first-order valence-corrected chi connectivity index (χ1v) is 13.8. The Kier molecular flexibility index (Phi) is 4.24. The van der Waals surface area contributed by atoms with Gasteiger partial charge in [0.25, 0.3) is 0 Å². The first-order chi connectivity index (χ1) is 19.8. The van der Waals surface area contributed by atoms with E-state index in [4.69, 9.17) is 0 Å². The van der Waals surface area contributed by atoms with Gasteiger partial charge in [-0.15, -0.1) is 0 Å². The van der Waals surface area contributed by atoms with E-state index in [2.05, 4.69) is 137 Å². The van der Waals surface area contributed by atoms with Crippen LogP contribution in [0.3, 0.4) is 0 Å². The molecular formula is C37H23N3. The minimum atomic E-state index is -0.186. The Morgan fingerprint density at radius 1 is 0.600 bits per heavy atom. The Morgan fingerprint density at radius 3 is 2.12 bits per heavy atom. The summed E-state index contributed by atoms with van der Waals surface area (Å²) in [5.74, 6) is -0.186. The molecule has 3 heterocycles. The average Bonchev–Trinajstić information content (AvgIpc) is 3.49. The van der Waals surface area contributed by atoms with E-state index in [0.717, 1.165) is 23.2 Å². The summed E-state index contributed by atoms with van der Waals surface area (Å²) in [7, 11) is 0. The van der Waals surface area contributed by atoms with Gasteiger partial charge in [0.05, 0.1) is 39.7 Å². The van der Waals surface area contributed by atoms with Crippen LogP contribution < -0.4 is 0 Å². The molecule has 0 spiro atoms. The van der Waals surface area contributed by atoms with E-state index in [1.54, 1.807) is 0 Å². The van der Waals surface area contributed by atoms with Gasteiger partial charge in [-0.05, 0) is 54.0 Å². The van der Waals surface area contributed by atoms with Crippen LogP contribution in [0.5, 0.6) is 0 Å². The Bertz CT molecular complexity index is 2320. The maximum atomic E-state index is 10.1. The van der Waals surface area contributed by atoms with Gasteiger partial charge in [0, 0.05) is 38.4 Å². The van der Waals surface area contributed by atoms with Crippen molar-refractivity contribution in [2.75, 3.05) is 0 Å². The topological polar surface area (TPSA) is 33.6 Å². The molecule has 0 radical (unpaired) electrons. The second-order valence-corrected chi connectivity index (χ2v) is 10.8. The predicted octanol–water partition coefficient (Wildman–Crippen LogP) is 9.48. The van der Waals surface area contributed by atoms with Crippen molar-refractivity contribution in [2.45, 2.75) is 6.42 Å². The molecule has 9 rings (SSSR count). The average molecular weight is 510 g/mol. The Labute approximate surface area is 231 Å². The minimum absolute atomic E-state index is 0.186. The predicted molar refractivity (Wildman–Crippen MR) is 165 cm³/mol. The summed E-state index contributed by atoms with van der Waals surface area (Å²) < 4.78 is 4.78. The number of hydrogen-bond acceptors (Lipinski definition) is 1. The lowest BCUT2D eigenvalue weighted by molar-refractivity contribution is 0.815. The number of aromatic nitrogens is 2. The molecule has 0 saturated carbocycles. The SMILES string of the molecule is N#CC1CC=CC=C1n1c2ccccc2c2cc3c(cc21)-c1cccc2c4ccccc4n(c12)-c1ccccc1-3. The van der Waals surface area contributed by atoms with Crippen molar-refractivity contribution in [3.05, 3.63) is 121 Å². The van der Waals surface area contributed by atoms with Crippen LogP contribution in [0.2, 0.25) is 0 Å². The molecule has 7 aromatic rings. The van der Waals surface area contributed by atoms with Crippen molar-refractivity contribution in [3.8, 4) is 34.0 Å². The van der Waals surface area contributed by atoms with E-state index in [0.29, 0.717) is 0 Å². The van der Waals surface area contributed by atoms with Crippen molar-refractivity contribution in [1.29, 1.82) is 5.26 Å². The summed E-state index contributed by atoms with van der Waals surface area (Å²) in [6.07, 6.45) is 7.02. The highest BCUT2D eigenvalue weighted by Gasteiger charge is 2.27. The number of fused-ring (bicyclic) bond motifs is 11. The van der Waals surface area contributed by atoms with Gasteiger partial charge in [0.1, 0.15) is 0 Å². The summed E-state index contributed by atoms with van der Waals surface area (Å²) in [6.45, 7) is 0. The van der Waals surface area contributed by atoms with E-state index in [-0.39, 0.29) is 5.92 Å². The molecule has 1 atom stereocenters. The van der Waals surface area contributed by atoms with Crippen LogP contribution in [-0.2, 0) is 0 Å². The fraction of sp³-hybridized carbons (Fsp3) is 0.0541. The van der Waals surface area contributed by atoms with Crippen molar-refractivity contribution in [2.24, 2.45) is 5.92 Å². The monoisotopic (exact) mass is 509 g/mol. The normalized spacial score (nSPS) is 15.7. The molecular weight excluding hydrogens is 486 g/mol. The Morgan fingerprint density at radius 2 is 1.27 bits per heavy atom. The van der Waals surface area contributed by atoms with Crippen LogP contribution >= 0.6 is 0 Å². The standard InChI is InChI=1S/C37H23N3/c38-22-23-10-1-5-16-32(23)39-33-17-6-4-13-26(33)31-20-29-25-12-3-8-19-35(25)40-34-18-7-2-11-24(34)27-14-9-15-28(37(27)40)30(29)21-36(31)39/h1-9,11-21,23H,10H2. The molecule has 2 aliphatic rings. The first-order valence-electron chi connectivity index (χ1n) is 13.8. The minimum Gasteiger partial charge on any atom is -0.312 e. The van der Waals surface area contributed by atoms with Crippen molar-refractivity contribution in [1.82, 2.24) is 9.13 Å². The number of nitriles is 1. The van der Waals surface area contributed by atoms with Gasteiger partial charge in [-0.2, -0.15) is 5.26 Å². The summed E-state index contributed by atoms with van der Waals surface area (Å²) in [4.78, 5) is 0. The van der Waals surface area contributed by atoms with E-state index >= 15 is 0 Å². The molecule has 186 valence electrons. The van der Waals surface area contributed by atoms with Crippen molar-refractivity contribution < 1.29 is 0 Å². The van der Waals surface area contributed by atoms with Crippen LogP contribution in [-0.4, -0.2) is 9.13 Å². The number of benzene rings is 5. The van der Waals surface area contributed by atoms with E-state index in [1.165, 1.54) is 60.5 Å². The van der Waals surface area contributed by atoms with Crippen LogP contribution in [0.4, 0.5) is 0 Å². The fourth-order valence-corrected chi connectivity index (χ4v) is 7.09. The number of nitrogens with zero attached hydrogens (tertiary/aromatic N) is 3. The highest BCUT2D eigenvalue weighted by Crippen LogP contribution is 2.49. The molecule has 5 aromatic carbocycles. The van der Waals surface area contributed by atoms with Crippen LogP contribution in [0, 0.1) is 17.2 Å². The molecule has 0 amide bonds. The second kappa shape index (κ2) is 7.85. The summed E-state index contributed by atoms with van der Waals surface area (Å²) in [5.41, 5.74) is 11.9. The third-order valence-electron chi connectivity index (χ3n) is 8.78. The van der Waals surface area contributed by atoms with Gasteiger partial charge >= 0.3 is 0 Å². The smallest absolute Gasteiger partial charge is 0.0902 e. The van der Waals surface area contributed by atoms with Crippen LogP contribution in [0.15, 0.2) is 121 Å². The zero-order valence-corrected chi connectivity index (χ0v) is 21.7. The van der Waals surface area contributed by atoms with Gasteiger partial charge in [-0.3, -0.25) is 0 Å². The van der Waals surface area contributed by atoms with Crippen LogP contribution in [0.25, 0.3) is 77.2 Å². The van der Waals surface area contributed by atoms with E-state index < -0.39 is 0 Å². The molecule has 3 heteroatoms. The molecule has 40 heavy (non-hydrogen) atoms. The molecule has 1 aliphatic heterocycles. The number of hydrogen-bond donors (Lipinski definition) is 0. The highest BCUT2D eigenvalue weighted by atomic mass is 15.0. The summed E-state index contributed by atoms with van der Waals surface area (Å²) in [6, 6.07) is 40.1. The molecule has 1 aliphatic carbocycles. The quantitative estimate of drug-likeness (QED) is 0.217. The lowest BCUT2D eigenvalue weighted by Crippen LogP contribution is -2.09. The van der Waals surface area contributed by atoms with Gasteiger partial charge in [-0.25, -0.2) is 0 Å². The van der Waals surface area contributed by atoms with Crippen LogP contribution in [0.1, 0.15) is 6.42 Å². The molecule has 0 saturated heterocycles. The third kappa shape index (κ3) is 2.68. The largest absolute Gasteiger partial charge is 0.312 e. The van der Waals surface area contributed by atoms with E-state index in [9.17, 15) is 5.26 Å². The molecule has 2 aromatic heterocycles. The zero-order chi connectivity index (χ0) is 26.4. The highest BCUT2D eigenvalue weighted by molar-refractivity contribution is 6.19. The third-order valence-corrected chi connectivity index (χ3v) is 8.78. The first kappa shape index (κ1) is 21.6. The molecule has 3 nitrogen and oxygen atoms in total. The lowest BCUT2D eigenvalue weighted by atomic mass is 9.91. The van der Waals surface area contributed by atoms with Crippen molar-refractivity contribution in [3.63, 3.8) is 0 Å². The number of para-hydroxylation sites is 4. The molecule has 0 fully saturated rings. The molecule has 1 unspecified atom stereocenters. The Balaban J connectivity index is 1.50. The maximum absolute atomic E-state index is 10.1. The van der Waals surface area contributed by atoms with Gasteiger partial charge in [0.15, 0.2) is 0 Å². The number of allylic oxidation sites excluding steroid dienone is 4. The van der Waals surface area contributed by atoms with E-state index in [1.807, 2.05) is 0 Å². The molecule has 0 bridgehead atoms. The van der Waals surface area contributed by atoms with Gasteiger partial charge in [0.2, 0.25) is 0 Å². The Hall–Kier alpha value is -5.33. The van der Waals surface area contributed by atoms with Gasteiger partial charge in [-0.1, -0.05) is 84.9 Å². The maximum Gasteiger partial charge on any atom is 0.0902 e. The van der Waals surface area contributed by atoms with Crippen molar-refractivity contribution >= 4 is 49.3 Å². The molecule has 0 N–H and O–H groups in total.